The van der Waals surface area contributed by atoms with E-state index in [2.05, 4.69) is 10.3 Å². The second-order valence-corrected chi connectivity index (χ2v) is 6.93. The molecule has 1 N–H and O–H groups in total. The third-order valence-corrected chi connectivity index (χ3v) is 5.17. The number of hydrogen-bond donors (Lipinski definition) is 1. The molecule has 27 heavy (non-hydrogen) atoms. The highest BCUT2D eigenvalue weighted by atomic mass is 32.1. The normalized spacial score (nSPS) is 10.9. The van der Waals surface area contributed by atoms with Crippen LogP contribution >= 0.6 is 11.3 Å². The molecule has 6 heteroatoms. The predicted octanol–water partition coefficient (Wildman–Crippen LogP) is 5.11. The van der Waals surface area contributed by atoms with Crippen molar-refractivity contribution < 1.29 is 14.3 Å². The van der Waals surface area contributed by atoms with Gasteiger partial charge in [-0.3, -0.25) is 10.1 Å². The van der Waals surface area contributed by atoms with E-state index in [0.717, 1.165) is 26.7 Å². The van der Waals surface area contributed by atoms with Gasteiger partial charge >= 0.3 is 0 Å². The van der Waals surface area contributed by atoms with Gasteiger partial charge in [0, 0.05) is 0 Å². The molecule has 0 aliphatic carbocycles. The van der Waals surface area contributed by atoms with Crippen molar-refractivity contribution in [3.8, 4) is 11.5 Å². The molecular weight excluding hydrogens is 360 g/mol. The molecule has 4 rings (SSSR count). The summed E-state index contributed by atoms with van der Waals surface area (Å²) in [5.74, 6) is 1.09. The van der Waals surface area contributed by atoms with Gasteiger partial charge in [-0.15, -0.1) is 0 Å². The summed E-state index contributed by atoms with van der Waals surface area (Å²) in [7, 11) is 1.63. The third kappa shape index (κ3) is 3.31. The molecule has 0 spiro atoms. The van der Waals surface area contributed by atoms with Crippen LogP contribution in [-0.2, 0) is 0 Å². The molecular formula is C21H18N2O3S. The maximum absolute atomic E-state index is 13.1. The van der Waals surface area contributed by atoms with Crippen molar-refractivity contribution in [2.75, 3.05) is 19.0 Å². The monoisotopic (exact) mass is 378 g/mol. The summed E-state index contributed by atoms with van der Waals surface area (Å²) in [6, 6.07) is 17.2. The van der Waals surface area contributed by atoms with Gasteiger partial charge in [0.25, 0.3) is 5.91 Å². The van der Waals surface area contributed by atoms with Crippen LogP contribution in [0.4, 0.5) is 5.13 Å². The Morgan fingerprint density at radius 2 is 2.00 bits per heavy atom. The molecule has 0 saturated carbocycles. The average Bonchev–Trinajstić information content (AvgIpc) is 3.09. The molecule has 0 bridgehead atoms. The van der Waals surface area contributed by atoms with Crippen LogP contribution in [0.1, 0.15) is 17.3 Å². The van der Waals surface area contributed by atoms with Crippen molar-refractivity contribution in [1.29, 1.82) is 0 Å². The lowest BCUT2D eigenvalue weighted by molar-refractivity contribution is 0.102. The van der Waals surface area contributed by atoms with Gasteiger partial charge in [-0.2, -0.15) is 0 Å². The highest BCUT2D eigenvalue weighted by molar-refractivity contribution is 7.22. The lowest BCUT2D eigenvalue weighted by Gasteiger charge is -2.12. The Morgan fingerprint density at radius 1 is 1.15 bits per heavy atom. The van der Waals surface area contributed by atoms with Gasteiger partial charge in [0.2, 0.25) is 0 Å². The lowest BCUT2D eigenvalue weighted by atomic mass is 10.0. The molecule has 4 aromatic rings. The van der Waals surface area contributed by atoms with Crippen molar-refractivity contribution in [3.05, 3.63) is 60.2 Å². The van der Waals surface area contributed by atoms with E-state index < -0.39 is 0 Å². The number of ether oxygens (including phenoxy) is 2. The Kier molecular flexibility index (Phi) is 4.64. The minimum atomic E-state index is -0.235. The predicted molar refractivity (Wildman–Crippen MR) is 109 cm³/mol. The zero-order chi connectivity index (χ0) is 18.8. The molecule has 0 atom stereocenters. The number of thiazole rings is 1. The fraction of sp³-hybridized carbons (Fsp3) is 0.143. The summed E-state index contributed by atoms with van der Waals surface area (Å²) in [5.41, 5.74) is 1.34. The lowest BCUT2D eigenvalue weighted by Crippen LogP contribution is -2.14. The van der Waals surface area contributed by atoms with Crippen LogP contribution in [0, 0.1) is 0 Å². The second-order valence-electron chi connectivity index (χ2n) is 5.90. The Labute approximate surface area is 160 Å². The van der Waals surface area contributed by atoms with Crippen LogP contribution in [0.3, 0.4) is 0 Å². The van der Waals surface area contributed by atoms with E-state index in [1.807, 2.05) is 61.5 Å². The van der Waals surface area contributed by atoms with Crippen LogP contribution in [0.15, 0.2) is 54.6 Å². The molecule has 0 aliphatic heterocycles. The van der Waals surface area contributed by atoms with Crippen LogP contribution in [0.5, 0.6) is 11.5 Å². The standard InChI is InChI=1S/C21H18N2O3S/c1-3-26-17-11-8-13-6-4-5-7-15(13)19(17)20(24)23-21-22-16-10-9-14(25-2)12-18(16)27-21/h4-12H,3H2,1-2H3,(H,22,23,24). The number of amides is 1. The van der Waals surface area contributed by atoms with Gasteiger partial charge in [0.15, 0.2) is 5.13 Å². The SMILES string of the molecule is CCOc1ccc2ccccc2c1C(=O)Nc1nc2ccc(OC)cc2s1. The molecule has 1 amide bonds. The summed E-state index contributed by atoms with van der Waals surface area (Å²) in [5, 5.41) is 5.30. The van der Waals surface area contributed by atoms with Gasteiger partial charge in [-0.05, 0) is 42.0 Å². The average molecular weight is 378 g/mol. The highest BCUT2D eigenvalue weighted by Gasteiger charge is 2.18. The first-order chi connectivity index (χ1) is 13.2. The second kappa shape index (κ2) is 7.25. The number of rotatable bonds is 5. The first kappa shape index (κ1) is 17.3. The van der Waals surface area contributed by atoms with Gasteiger partial charge < -0.3 is 9.47 Å². The zero-order valence-electron chi connectivity index (χ0n) is 15.0. The van der Waals surface area contributed by atoms with E-state index in [1.54, 1.807) is 7.11 Å². The highest BCUT2D eigenvalue weighted by Crippen LogP contribution is 2.32. The number of anilines is 1. The Balaban J connectivity index is 1.73. The summed E-state index contributed by atoms with van der Waals surface area (Å²) < 4.78 is 11.9. The summed E-state index contributed by atoms with van der Waals surface area (Å²) in [4.78, 5) is 17.6. The molecule has 0 radical (unpaired) electrons. The first-order valence-electron chi connectivity index (χ1n) is 8.60. The van der Waals surface area contributed by atoms with Gasteiger partial charge in [0.05, 0.1) is 29.5 Å². The molecule has 0 aliphatic rings. The first-order valence-corrected chi connectivity index (χ1v) is 9.41. The number of fused-ring (bicyclic) bond motifs is 2. The quantitative estimate of drug-likeness (QED) is 0.524. The van der Waals surface area contributed by atoms with Gasteiger partial charge in [-0.1, -0.05) is 41.7 Å². The van der Waals surface area contributed by atoms with Crippen molar-refractivity contribution in [2.24, 2.45) is 0 Å². The number of nitrogens with one attached hydrogen (secondary N) is 1. The number of carbonyl (C=O) groups is 1. The van der Waals surface area contributed by atoms with Gasteiger partial charge in [0.1, 0.15) is 11.5 Å². The summed E-state index contributed by atoms with van der Waals surface area (Å²) in [6.45, 7) is 2.39. The largest absolute Gasteiger partial charge is 0.497 e. The van der Waals surface area contributed by atoms with E-state index in [4.69, 9.17) is 9.47 Å². The molecule has 0 unspecified atom stereocenters. The van der Waals surface area contributed by atoms with E-state index in [0.29, 0.717) is 23.1 Å². The topological polar surface area (TPSA) is 60.5 Å². The number of hydrogen-bond acceptors (Lipinski definition) is 5. The molecule has 5 nitrogen and oxygen atoms in total. The van der Waals surface area contributed by atoms with Gasteiger partial charge in [-0.25, -0.2) is 4.98 Å². The number of benzene rings is 3. The molecule has 1 aromatic heterocycles. The maximum atomic E-state index is 13.1. The fourth-order valence-corrected chi connectivity index (χ4v) is 3.90. The van der Waals surface area contributed by atoms with Crippen LogP contribution in [-0.4, -0.2) is 24.6 Å². The van der Waals surface area contributed by atoms with E-state index in [-0.39, 0.29) is 5.91 Å². The maximum Gasteiger partial charge on any atom is 0.261 e. The van der Waals surface area contributed by atoms with Crippen molar-refractivity contribution in [3.63, 3.8) is 0 Å². The Morgan fingerprint density at radius 3 is 2.81 bits per heavy atom. The molecule has 1 heterocycles. The van der Waals surface area contributed by atoms with E-state index >= 15 is 0 Å². The van der Waals surface area contributed by atoms with Crippen LogP contribution < -0.4 is 14.8 Å². The van der Waals surface area contributed by atoms with Crippen LogP contribution in [0.2, 0.25) is 0 Å². The molecule has 0 saturated heterocycles. The molecule has 0 fully saturated rings. The molecule has 3 aromatic carbocycles. The number of nitrogens with zero attached hydrogens (tertiary/aromatic N) is 1. The number of aromatic nitrogens is 1. The fourth-order valence-electron chi connectivity index (χ4n) is 3.01. The Hall–Kier alpha value is -3.12. The minimum absolute atomic E-state index is 0.235. The van der Waals surface area contributed by atoms with E-state index in [9.17, 15) is 4.79 Å². The van der Waals surface area contributed by atoms with Crippen molar-refractivity contribution in [1.82, 2.24) is 4.98 Å². The smallest absolute Gasteiger partial charge is 0.261 e. The van der Waals surface area contributed by atoms with Crippen molar-refractivity contribution >= 4 is 43.4 Å². The Bertz CT molecular complexity index is 1140. The van der Waals surface area contributed by atoms with Crippen LogP contribution in [0.25, 0.3) is 21.0 Å². The number of methoxy groups -OCH3 is 1. The third-order valence-electron chi connectivity index (χ3n) is 4.23. The number of carbonyl (C=O) groups excluding carboxylic acids is 1. The summed E-state index contributed by atoms with van der Waals surface area (Å²) in [6.07, 6.45) is 0. The van der Waals surface area contributed by atoms with Crippen molar-refractivity contribution in [2.45, 2.75) is 6.92 Å². The molecule has 136 valence electrons. The van der Waals surface area contributed by atoms with E-state index in [1.165, 1.54) is 11.3 Å². The summed E-state index contributed by atoms with van der Waals surface area (Å²) >= 11 is 1.41. The zero-order valence-corrected chi connectivity index (χ0v) is 15.8. The minimum Gasteiger partial charge on any atom is -0.497 e.